The van der Waals surface area contributed by atoms with Crippen molar-refractivity contribution in [2.45, 2.75) is 38.0 Å². The monoisotopic (exact) mass is 416 g/mol. The standard InChI is InChI=1S/C21H24N2O5S/c1-3-22-29(26,27)18-10-7-14(2)19(12-18)21(25)28-13-20(24)23-17-9-8-15-5-4-6-16(15)11-17/h7-12,22H,3-6,13H2,1-2H3,(H,23,24). The number of esters is 1. The fourth-order valence-electron chi connectivity index (χ4n) is 3.32. The summed E-state index contributed by atoms with van der Waals surface area (Å²) in [4.78, 5) is 24.5. The van der Waals surface area contributed by atoms with Gasteiger partial charge in [-0.1, -0.05) is 19.1 Å². The van der Waals surface area contributed by atoms with Crippen LogP contribution < -0.4 is 10.0 Å². The van der Waals surface area contributed by atoms with Crippen LogP contribution in [0.4, 0.5) is 5.69 Å². The molecule has 2 aromatic carbocycles. The van der Waals surface area contributed by atoms with Crippen molar-refractivity contribution in [2.75, 3.05) is 18.5 Å². The Kier molecular flexibility index (Phi) is 6.34. The second kappa shape index (κ2) is 8.75. The molecule has 2 N–H and O–H groups in total. The van der Waals surface area contributed by atoms with Crippen LogP contribution in [0.15, 0.2) is 41.3 Å². The van der Waals surface area contributed by atoms with Crippen molar-refractivity contribution in [2.24, 2.45) is 0 Å². The molecule has 154 valence electrons. The third-order valence-corrected chi connectivity index (χ3v) is 6.33. The largest absolute Gasteiger partial charge is 0.452 e. The summed E-state index contributed by atoms with van der Waals surface area (Å²) < 4.78 is 31.8. The minimum Gasteiger partial charge on any atom is -0.452 e. The van der Waals surface area contributed by atoms with Crippen LogP contribution in [0.5, 0.6) is 0 Å². The van der Waals surface area contributed by atoms with Gasteiger partial charge in [-0.05, 0) is 67.1 Å². The summed E-state index contributed by atoms with van der Waals surface area (Å²) in [5.74, 6) is -1.20. The smallest absolute Gasteiger partial charge is 0.338 e. The first-order valence-electron chi connectivity index (χ1n) is 9.49. The highest BCUT2D eigenvalue weighted by Crippen LogP contribution is 2.25. The van der Waals surface area contributed by atoms with Gasteiger partial charge in [-0.2, -0.15) is 0 Å². The number of rotatable bonds is 7. The Morgan fingerprint density at radius 1 is 1.07 bits per heavy atom. The van der Waals surface area contributed by atoms with Crippen molar-refractivity contribution in [3.63, 3.8) is 0 Å². The van der Waals surface area contributed by atoms with Crippen LogP contribution >= 0.6 is 0 Å². The number of carbonyl (C=O) groups excluding carboxylic acids is 2. The second-order valence-corrected chi connectivity index (χ2v) is 8.71. The first-order chi connectivity index (χ1) is 13.8. The lowest BCUT2D eigenvalue weighted by atomic mass is 10.1. The van der Waals surface area contributed by atoms with Gasteiger partial charge in [0.05, 0.1) is 10.5 Å². The molecule has 0 aliphatic heterocycles. The molecule has 1 aliphatic carbocycles. The molecule has 0 bridgehead atoms. The van der Waals surface area contributed by atoms with E-state index >= 15 is 0 Å². The molecule has 0 radical (unpaired) electrons. The Morgan fingerprint density at radius 2 is 1.83 bits per heavy atom. The van der Waals surface area contributed by atoms with Gasteiger partial charge in [0, 0.05) is 12.2 Å². The summed E-state index contributed by atoms with van der Waals surface area (Å²) in [6.45, 7) is 3.11. The van der Waals surface area contributed by atoms with E-state index in [4.69, 9.17) is 4.74 Å². The Morgan fingerprint density at radius 3 is 2.59 bits per heavy atom. The maximum absolute atomic E-state index is 12.4. The summed E-state index contributed by atoms with van der Waals surface area (Å²) in [7, 11) is -3.70. The van der Waals surface area contributed by atoms with Crippen molar-refractivity contribution >= 4 is 27.6 Å². The first-order valence-corrected chi connectivity index (χ1v) is 11.0. The van der Waals surface area contributed by atoms with E-state index in [0.29, 0.717) is 11.3 Å². The number of aryl methyl sites for hydroxylation is 3. The highest BCUT2D eigenvalue weighted by molar-refractivity contribution is 7.89. The molecule has 0 spiro atoms. The number of nitrogens with one attached hydrogen (secondary N) is 2. The molecule has 0 saturated heterocycles. The number of carbonyl (C=O) groups is 2. The van der Waals surface area contributed by atoms with Crippen LogP contribution in [-0.2, 0) is 32.4 Å². The van der Waals surface area contributed by atoms with Gasteiger partial charge in [0.2, 0.25) is 10.0 Å². The van der Waals surface area contributed by atoms with E-state index in [9.17, 15) is 18.0 Å². The van der Waals surface area contributed by atoms with E-state index in [1.54, 1.807) is 13.8 Å². The average molecular weight is 416 g/mol. The van der Waals surface area contributed by atoms with Crippen molar-refractivity contribution in [1.29, 1.82) is 0 Å². The number of amides is 1. The maximum atomic E-state index is 12.4. The third kappa shape index (κ3) is 5.02. The Labute approximate surface area is 170 Å². The minimum absolute atomic E-state index is 0.0282. The van der Waals surface area contributed by atoms with Gasteiger partial charge < -0.3 is 10.1 Å². The second-order valence-electron chi connectivity index (χ2n) is 6.94. The zero-order valence-corrected chi connectivity index (χ0v) is 17.3. The van der Waals surface area contributed by atoms with Gasteiger partial charge in [0.1, 0.15) is 0 Å². The number of hydrogen-bond donors (Lipinski definition) is 2. The van der Waals surface area contributed by atoms with E-state index in [1.807, 2.05) is 18.2 Å². The van der Waals surface area contributed by atoms with Crippen molar-refractivity contribution < 1.29 is 22.7 Å². The van der Waals surface area contributed by atoms with Crippen molar-refractivity contribution in [1.82, 2.24) is 4.72 Å². The van der Waals surface area contributed by atoms with Crippen molar-refractivity contribution in [3.05, 3.63) is 58.7 Å². The lowest BCUT2D eigenvalue weighted by molar-refractivity contribution is -0.119. The minimum atomic E-state index is -3.70. The Hall–Kier alpha value is -2.71. The third-order valence-electron chi connectivity index (χ3n) is 4.79. The molecule has 3 rings (SSSR count). The molecule has 0 fully saturated rings. The quantitative estimate of drug-likeness (QED) is 0.676. The van der Waals surface area contributed by atoms with Crippen LogP contribution in [0, 0.1) is 6.92 Å². The van der Waals surface area contributed by atoms with Crippen LogP contribution in [-0.4, -0.2) is 33.4 Å². The van der Waals surface area contributed by atoms with Crippen LogP contribution in [0.25, 0.3) is 0 Å². The molecule has 1 aliphatic rings. The highest BCUT2D eigenvalue weighted by atomic mass is 32.2. The number of benzene rings is 2. The Balaban J connectivity index is 1.63. The zero-order chi connectivity index (χ0) is 21.0. The van der Waals surface area contributed by atoms with Gasteiger partial charge in [-0.3, -0.25) is 4.79 Å². The lowest BCUT2D eigenvalue weighted by Gasteiger charge is -2.11. The lowest BCUT2D eigenvalue weighted by Crippen LogP contribution is -2.24. The zero-order valence-electron chi connectivity index (χ0n) is 16.4. The summed E-state index contributed by atoms with van der Waals surface area (Å²) in [6, 6.07) is 10.00. The number of anilines is 1. The van der Waals surface area contributed by atoms with Crippen LogP contribution in [0.2, 0.25) is 0 Å². The van der Waals surface area contributed by atoms with E-state index in [1.165, 1.54) is 29.3 Å². The molecule has 1 amide bonds. The molecule has 0 saturated carbocycles. The Bertz CT molecular complexity index is 1050. The van der Waals surface area contributed by atoms with E-state index in [2.05, 4.69) is 10.0 Å². The number of fused-ring (bicyclic) bond motifs is 1. The predicted octanol–water partition coefficient (Wildman–Crippen LogP) is 2.58. The molecule has 7 nitrogen and oxygen atoms in total. The molecule has 0 aromatic heterocycles. The van der Waals surface area contributed by atoms with Gasteiger partial charge in [0.15, 0.2) is 6.61 Å². The molecular weight excluding hydrogens is 392 g/mol. The normalized spacial score (nSPS) is 13.0. The predicted molar refractivity (Wildman–Crippen MR) is 109 cm³/mol. The SMILES string of the molecule is CCNS(=O)(=O)c1ccc(C)c(C(=O)OCC(=O)Nc2ccc3c(c2)CCC3)c1. The van der Waals surface area contributed by atoms with Gasteiger partial charge in [-0.15, -0.1) is 0 Å². The average Bonchev–Trinajstić information content (AvgIpc) is 3.14. The number of sulfonamides is 1. The highest BCUT2D eigenvalue weighted by Gasteiger charge is 2.19. The summed E-state index contributed by atoms with van der Waals surface area (Å²) in [5, 5.41) is 2.72. The molecule has 2 aromatic rings. The van der Waals surface area contributed by atoms with Crippen LogP contribution in [0.1, 0.15) is 40.4 Å². The molecule has 29 heavy (non-hydrogen) atoms. The first kappa shape index (κ1) is 21.0. The summed E-state index contributed by atoms with van der Waals surface area (Å²) >= 11 is 0. The number of hydrogen-bond acceptors (Lipinski definition) is 5. The van der Waals surface area contributed by atoms with Gasteiger partial charge in [-0.25, -0.2) is 17.9 Å². The van der Waals surface area contributed by atoms with E-state index in [-0.39, 0.29) is 17.0 Å². The maximum Gasteiger partial charge on any atom is 0.338 e. The molecular formula is C21H24N2O5S. The topological polar surface area (TPSA) is 102 Å². The summed E-state index contributed by atoms with van der Waals surface area (Å²) in [6.07, 6.45) is 3.18. The molecule has 0 unspecified atom stereocenters. The van der Waals surface area contributed by atoms with E-state index in [0.717, 1.165) is 19.3 Å². The fourth-order valence-corrected chi connectivity index (χ4v) is 4.38. The summed E-state index contributed by atoms with van der Waals surface area (Å²) in [5.41, 5.74) is 3.87. The van der Waals surface area contributed by atoms with Crippen molar-refractivity contribution in [3.8, 4) is 0 Å². The van der Waals surface area contributed by atoms with Gasteiger partial charge in [0.25, 0.3) is 5.91 Å². The molecule has 0 heterocycles. The molecule has 8 heteroatoms. The van der Waals surface area contributed by atoms with E-state index < -0.39 is 28.5 Å². The molecule has 0 atom stereocenters. The van der Waals surface area contributed by atoms with Crippen LogP contribution in [0.3, 0.4) is 0 Å². The fraction of sp³-hybridized carbons (Fsp3) is 0.333. The number of ether oxygens (including phenoxy) is 1. The van der Waals surface area contributed by atoms with Gasteiger partial charge >= 0.3 is 5.97 Å².